The molecule has 0 saturated carbocycles. The fraction of sp³-hybridized carbons (Fsp3) is 0.100. The van der Waals surface area contributed by atoms with Crippen molar-refractivity contribution in [3.8, 4) is 11.4 Å². The average Bonchev–Trinajstić information content (AvgIpc) is 3.46. The number of amides is 1. The highest BCUT2D eigenvalue weighted by molar-refractivity contribution is 7.09. The molecule has 1 aromatic carbocycles. The molecule has 1 amide bonds. The second-order valence-electron chi connectivity index (χ2n) is 6.60. The van der Waals surface area contributed by atoms with E-state index in [0.717, 1.165) is 21.9 Å². The molecule has 8 nitrogen and oxygen atoms in total. The molecule has 0 aliphatic heterocycles. The summed E-state index contributed by atoms with van der Waals surface area (Å²) < 4.78 is 1.76. The zero-order valence-electron chi connectivity index (χ0n) is 15.2. The van der Waals surface area contributed by atoms with E-state index in [-0.39, 0.29) is 11.5 Å². The summed E-state index contributed by atoms with van der Waals surface area (Å²) in [5.41, 5.74) is 3.56. The van der Waals surface area contributed by atoms with Crippen molar-refractivity contribution in [1.82, 2.24) is 30.0 Å². The number of hydrogen-bond donors (Lipinski definition) is 3. The Morgan fingerprint density at radius 3 is 2.97 bits per heavy atom. The third-order valence-corrected chi connectivity index (χ3v) is 5.39. The van der Waals surface area contributed by atoms with Gasteiger partial charge in [0.05, 0.1) is 23.3 Å². The maximum Gasteiger partial charge on any atom is 0.276 e. The van der Waals surface area contributed by atoms with E-state index in [0.29, 0.717) is 30.0 Å². The monoisotopic (exact) mass is 404 g/mol. The number of nitrogens with one attached hydrogen (secondary N) is 3. The van der Waals surface area contributed by atoms with Crippen molar-refractivity contribution in [2.24, 2.45) is 0 Å². The van der Waals surface area contributed by atoms with Crippen LogP contribution in [0.3, 0.4) is 0 Å². The van der Waals surface area contributed by atoms with Gasteiger partial charge in [0.15, 0.2) is 5.69 Å². The molecule has 0 radical (unpaired) electrons. The van der Waals surface area contributed by atoms with E-state index >= 15 is 0 Å². The third-order valence-electron chi connectivity index (χ3n) is 4.66. The lowest BCUT2D eigenvalue weighted by Crippen LogP contribution is -2.27. The number of fused-ring (bicyclic) bond motifs is 2. The van der Waals surface area contributed by atoms with Gasteiger partial charge in [0.2, 0.25) is 0 Å². The van der Waals surface area contributed by atoms with Crippen LogP contribution in [0.15, 0.2) is 58.3 Å². The summed E-state index contributed by atoms with van der Waals surface area (Å²) in [6.45, 7) is 1.09. The van der Waals surface area contributed by atoms with E-state index in [4.69, 9.17) is 0 Å². The van der Waals surface area contributed by atoms with Gasteiger partial charge in [-0.2, -0.15) is 5.10 Å². The Morgan fingerprint density at radius 1 is 1.17 bits per heavy atom. The van der Waals surface area contributed by atoms with Crippen LogP contribution in [0.2, 0.25) is 0 Å². The first-order valence-corrected chi connectivity index (χ1v) is 9.97. The van der Waals surface area contributed by atoms with Gasteiger partial charge in [0, 0.05) is 46.2 Å². The fourth-order valence-corrected chi connectivity index (χ4v) is 3.92. The summed E-state index contributed by atoms with van der Waals surface area (Å²) >= 11 is 1.49. The van der Waals surface area contributed by atoms with Gasteiger partial charge in [-0.15, -0.1) is 11.3 Å². The second-order valence-corrected chi connectivity index (χ2v) is 7.34. The Balaban J connectivity index is 1.40. The molecule has 0 fully saturated rings. The number of carbonyl (C=O) groups is 1. The van der Waals surface area contributed by atoms with E-state index in [1.807, 2.05) is 35.2 Å². The molecule has 144 valence electrons. The lowest BCUT2D eigenvalue weighted by molar-refractivity contribution is 0.0952. The molecule has 0 aliphatic rings. The molecule has 9 heteroatoms. The quantitative estimate of drug-likeness (QED) is 0.418. The van der Waals surface area contributed by atoms with Gasteiger partial charge in [-0.3, -0.25) is 14.3 Å². The summed E-state index contributed by atoms with van der Waals surface area (Å²) in [4.78, 5) is 35.4. The van der Waals surface area contributed by atoms with Crippen molar-refractivity contribution >= 4 is 39.2 Å². The molecule has 0 aliphatic carbocycles. The van der Waals surface area contributed by atoms with Crippen molar-refractivity contribution in [1.29, 1.82) is 0 Å². The lowest BCUT2D eigenvalue weighted by atomic mass is 10.1. The molecular weight excluding hydrogens is 388 g/mol. The summed E-state index contributed by atoms with van der Waals surface area (Å²) in [5, 5.41) is 11.6. The molecule has 4 heterocycles. The van der Waals surface area contributed by atoms with Crippen LogP contribution in [0, 0.1) is 0 Å². The minimum atomic E-state index is -0.251. The van der Waals surface area contributed by atoms with Crippen LogP contribution in [0.4, 0.5) is 0 Å². The zero-order valence-corrected chi connectivity index (χ0v) is 16.0. The van der Waals surface area contributed by atoms with Crippen LogP contribution in [0.1, 0.15) is 10.4 Å². The summed E-state index contributed by atoms with van der Waals surface area (Å²) in [6.07, 6.45) is 3.55. The van der Waals surface area contributed by atoms with Crippen molar-refractivity contribution in [3.05, 3.63) is 69.4 Å². The molecule has 0 atom stereocenters. The maximum absolute atomic E-state index is 12.4. The first-order chi connectivity index (χ1) is 14.2. The SMILES string of the molecule is O=C(NCCn1cccn1)c1ccc2[nH]c(-c3nc4cscc4[nH]c3=O)cc2c1. The molecule has 3 N–H and O–H groups in total. The van der Waals surface area contributed by atoms with E-state index in [1.54, 1.807) is 23.0 Å². The maximum atomic E-state index is 12.4. The van der Waals surface area contributed by atoms with Crippen LogP contribution < -0.4 is 10.9 Å². The second kappa shape index (κ2) is 7.02. The number of benzene rings is 1. The van der Waals surface area contributed by atoms with Crippen LogP contribution in [0.5, 0.6) is 0 Å². The highest BCUT2D eigenvalue weighted by atomic mass is 32.1. The zero-order chi connectivity index (χ0) is 19.8. The van der Waals surface area contributed by atoms with Gasteiger partial charge in [0.1, 0.15) is 0 Å². The Kier molecular flexibility index (Phi) is 4.21. The molecular formula is C20H16N6O2S. The topological polar surface area (TPSA) is 108 Å². The van der Waals surface area contributed by atoms with E-state index in [9.17, 15) is 9.59 Å². The molecule has 5 aromatic rings. The van der Waals surface area contributed by atoms with Gasteiger partial charge in [-0.25, -0.2) is 4.98 Å². The van der Waals surface area contributed by atoms with Gasteiger partial charge < -0.3 is 15.3 Å². The molecule has 0 saturated heterocycles. The highest BCUT2D eigenvalue weighted by Crippen LogP contribution is 2.23. The van der Waals surface area contributed by atoms with Crippen molar-refractivity contribution in [2.45, 2.75) is 6.54 Å². The number of nitrogens with zero attached hydrogens (tertiary/aromatic N) is 3. The number of carbonyl (C=O) groups excluding carboxylic acids is 1. The number of hydrogen-bond acceptors (Lipinski definition) is 5. The summed E-state index contributed by atoms with van der Waals surface area (Å²) in [5.74, 6) is -0.155. The lowest BCUT2D eigenvalue weighted by Gasteiger charge is -2.05. The third kappa shape index (κ3) is 3.32. The normalized spacial score (nSPS) is 11.3. The molecule has 0 bridgehead atoms. The minimum absolute atomic E-state index is 0.155. The van der Waals surface area contributed by atoms with Gasteiger partial charge in [-0.05, 0) is 30.3 Å². The van der Waals surface area contributed by atoms with Gasteiger partial charge >= 0.3 is 0 Å². The molecule has 4 aromatic heterocycles. The molecule has 29 heavy (non-hydrogen) atoms. The summed E-state index contributed by atoms with van der Waals surface area (Å²) in [6, 6.07) is 9.07. The van der Waals surface area contributed by atoms with E-state index < -0.39 is 0 Å². The first kappa shape index (κ1) is 17.4. The molecule has 0 unspecified atom stereocenters. The average molecular weight is 404 g/mol. The Labute approximate surface area is 168 Å². The van der Waals surface area contributed by atoms with Crippen LogP contribution >= 0.6 is 11.3 Å². The molecule has 0 spiro atoms. The number of rotatable bonds is 5. The summed E-state index contributed by atoms with van der Waals surface area (Å²) in [7, 11) is 0. The fourth-order valence-electron chi connectivity index (χ4n) is 3.23. The van der Waals surface area contributed by atoms with Crippen LogP contribution in [0.25, 0.3) is 33.3 Å². The first-order valence-electron chi connectivity index (χ1n) is 9.02. The van der Waals surface area contributed by atoms with Crippen LogP contribution in [-0.4, -0.2) is 37.2 Å². The highest BCUT2D eigenvalue weighted by Gasteiger charge is 2.13. The molecule has 5 rings (SSSR count). The van der Waals surface area contributed by atoms with E-state index in [2.05, 4.69) is 25.4 Å². The van der Waals surface area contributed by atoms with Gasteiger partial charge in [-0.1, -0.05) is 0 Å². The van der Waals surface area contributed by atoms with Crippen molar-refractivity contribution < 1.29 is 4.79 Å². The Hall–Kier alpha value is -3.72. The standard InChI is InChI=1S/C20H16N6O2S/c27-19(21-5-7-26-6-1-4-22-26)12-2-3-14-13(8-12)9-15(23-14)18-20(28)25-17-11-29-10-16(17)24-18/h1-4,6,8-11,23H,5,7H2,(H,21,27)(H,25,28). The number of thiophene rings is 1. The number of aromatic nitrogens is 5. The van der Waals surface area contributed by atoms with E-state index in [1.165, 1.54) is 11.3 Å². The largest absolute Gasteiger partial charge is 0.353 e. The number of aromatic amines is 2. The predicted octanol–water partition coefficient (Wildman–Crippen LogP) is 2.76. The van der Waals surface area contributed by atoms with Gasteiger partial charge in [0.25, 0.3) is 11.5 Å². The van der Waals surface area contributed by atoms with Crippen LogP contribution in [-0.2, 0) is 6.54 Å². The Bertz CT molecular complexity index is 1380. The predicted molar refractivity (Wildman–Crippen MR) is 112 cm³/mol. The minimum Gasteiger partial charge on any atom is -0.353 e. The smallest absolute Gasteiger partial charge is 0.276 e. The number of H-pyrrole nitrogens is 2. The van der Waals surface area contributed by atoms with Crippen molar-refractivity contribution in [2.75, 3.05) is 6.54 Å². The Morgan fingerprint density at radius 2 is 2.10 bits per heavy atom. The van der Waals surface area contributed by atoms with Crippen molar-refractivity contribution in [3.63, 3.8) is 0 Å².